The summed E-state index contributed by atoms with van der Waals surface area (Å²) >= 11 is 14.0. The Kier molecular flexibility index (Phi) is 9.71. The predicted molar refractivity (Wildman–Crippen MR) is 142 cm³/mol. The maximum atomic E-state index is 13.3. The normalized spacial score (nSPS) is 11.3. The van der Waals surface area contributed by atoms with Crippen LogP contribution in [0.2, 0.25) is 10.0 Å². The van der Waals surface area contributed by atoms with E-state index < -0.39 is 10.0 Å². The molecule has 5 nitrogen and oxygen atoms in total. The minimum absolute atomic E-state index is 0.108. The van der Waals surface area contributed by atoms with Gasteiger partial charge in [-0.05, 0) is 66.6 Å². The van der Waals surface area contributed by atoms with Crippen LogP contribution in [-0.2, 0) is 20.6 Å². The Morgan fingerprint density at radius 1 is 1.00 bits per heavy atom. The summed E-state index contributed by atoms with van der Waals surface area (Å²) < 4.78 is 27.8. The molecule has 180 valence electrons. The molecule has 34 heavy (non-hydrogen) atoms. The third-order valence-corrected chi connectivity index (χ3v) is 8.55. The number of hydrogen-bond acceptors (Lipinski definition) is 4. The van der Waals surface area contributed by atoms with Crippen molar-refractivity contribution in [2.45, 2.75) is 24.0 Å². The highest BCUT2D eigenvalue weighted by Gasteiger charge is 2.27. The van der Waals surface area contributed by atoms with Crippen molar-refractivity contribution in [3.8, 4) is 0 Å². The fraction of sp³-hybridized carbons (Fsp3) is 0.240. The molecule has 0 bridgehead atoms. The zero-order chi connectivity index (χ0) is 24.6. The molecular formula is C25H26Cl2N2O3S2. The molecule has 3 aromatic rings. The summed E-state index contributed by atoms with van der Waals surface area (Å²) in [6, 6.07) is 20.7. The second-order valence-corrected chi connectivity index (χ2v) is 11.5. The highest BCUT2D eigenvalue weighted by atomic mass is 35.5. The van der Waals surface area contributed by atoms with Crippen LogP contribution in [0.5, 0.6) is 0 Å². The van der Waals surface area contributed by atoms with Crippen LogP contribution in [0.15, 0.2) is 77.7 Å². The van der Waals surface area contributed by atoms with Gasteiger partial charge >= 0.3 is 0 Å². The molecule has 0 saturated carbocycles. The Bertz CT molecular complexity index is 1220. The summed E-state index contributed by atoms with van der Waals surface area (Å²) in [6.07, 6.45) is 0.763. The van der Waals surface area contributed by atoms with E-state index in [0.29, 0.717) is 17.3 Å². The number of hydrogen-bond donors (Lipinski definition) is 1. The van der Waals surface area contributed by atoms with Crippen molar-refractivity contribution in [3.63, 3.8) is 0 Å². The number of amides is 1. The topological polar surface area (TPSA) is 66.5 Å². The van der Waals surface area contributed by atoms with Gasteiger partial charge in [-0.25, -0.2) is 8.42 Å². The van der Waals surface area contributed by atoms with Crippen molar-refractivity contribution in [3.05, 3.63) is 94.0 Å². The highest BCUT2D eigenvalue weighted by Crippen LogP contribution is 2.28. The molecule has 0 aliphatic rings. The number of nitrogens with one attached hydrogen (secondary N) is 1. The maximum absolute atomic E-state index is 13.3. The van der Waals surface area contributed by atoms with Crippen LogP contribution in [0.4, 0.5) is 5.69 Å². The third kappa shape index (κ3) is 7.40. The number of carbonyl (C=O) groups excluding carboxylic acids is 1. The summed E-state index contributed by atoms with van der Waals surface area (Å²) in [6.45, 7) is 1.95. The number of rotatable bonds is 11. The van der Waals surface area contributed by atoms with Crippen LogP contribution in [0.1, 0.15) is 17.5 Å². The van der Waals surface area contributed by atoms with Gasteiger partial charge in [0.1, 0.15) is 6.54 Å². The lowest BCUT2D eigenvalue weighted by Gasteiger charge is -2.24. The van der Waals surface area contributed by atoms with E-state index in [2.05, 4.69) is 5.32 Å². The van der Waals surface area contributed by atoms with Gasteiger partial charge in [0.15, 0.2) is 0 Å². The monoisotopic (exact) mass is 536 g/mol. The minimum atomic E-state index is -3.95. The Labute approximate surface area is 215 Å². The van der Waals surface area contributed by atoms with Crippen LogP contribution in [-0.4, -0.2) is 33.2 Å². The standard InChI is InChI=1S/C25H26Cl2N2O3S2/c1-19-11-12-22(16-24(19)27)29(34(31,32)23-9-3-2-4-10-23)17-25(30)28-13-6-14-33-18-20-7-5-8-21(26)15-20/h2-5,7-12,15-16H,6,13-14,17-18H2,1H3,(H,28,30). The Morgan fingerprint density at radius 2 is 1.76 bits per heavy atom. The first-order chi connectivity index (χ1) is 16.3. The lowest BCUT2D eigenvalue weighted by atomic mass is 10.2. The van der Waals surface area contributed by atoms with Gasteiger partial charge in [0, 0.05) is 22.3 Å². The quantitative estimate of drug-likeness (QED) is 0.308. The molecule has 0 saturated heterocycles. The van der Waals surface area contributed by atoms with Crippen molar-refractivity contribution < 1.29 is 13.2 Å². The van der Waals surface area contributed by atoms with Gasteiger partial charge in [-0.3, -0.25) is 9.10 Å². The molecule has 1 N–H and O–H groups in total. The average molecular weight is 538 g/mol. The SMILES string of the molecule is Cc1ccc(N(CC(=O)NCCCSCc2cccc(Cl)c2)S(=O)(=O)c2ccccc2)cc1Cl. The molecule has 0 unspecified atom stereocenters. The van der Waals surface area contributed by atoms with Gasteiger partial charge in [0.05, 0.1) is 10.6 Å². The van der Waals surface area contributed by atoms with Crippen LogP contribution in [0.3, 0.4) is 0 Å². The Balaban J connectivity index is 1.59. The smallest absolute Gasteiger partial charge is 0.264 e. The zero-order valence-corrected chi connectivity index (χ0v) is 21.9. The van der Waals surface area contributed by atoms with Crippen LogP contribution < -0.4 is 9.62 Å². The largest absolute Gasteiger partial charge is 0.354 e. The fourth-order valence-electron chi connectivity index (χ4n) is 3.18. The molecule has 3 aromatic carbocycles. The molecule has 0 aromatic heterocycles. The van der Waals surface area contributed by atoms with Gasteiger partial charge in [0.25, 0.3) is 10.0 Å². The number of anilines is 1. The molecule has 0 aliphatic heterocycles. The Hall–Kier alpha value is -2.19. The fourth-order valence-corrected chi connectivity index (χ4v) is 5.91. The molecule has 0 fully saturated rings. The number of thioether (sulfide) groups is 1. The van der Waals surface area contributed by atoms with Crippen molar-refractivity contribution in [2.24, 2.45) is 0 Å². The number of aryl methyl sites for hydroxylation is 1. The van der Waals surface area contributed by atoms with Crippen molar-refractivity contribution >= 4 is 56.6 Å². The molecule has 3 rings (SSSR count). The minimum Gasteiger partial charge on any atom is -0.354 e. The van der Waals surface area contributed by atoms with E-state index in [1.165, 1.54) is 12.1 Å². The van der Waals surface area contributed by atoms with Crippen molar-refractivity contribution in [2.75, 3.05) is 23.1 Å². The van der Waals surface area contributed by atoms with Crippen LogP contribution in [0, 0.1) is 6.92 Å². The molecule has 0 atom stereocenters. The van der Waals surface area contributed by atoms with Gasteiger partial charge in [0.2, 0.25) is 5.91 Å². The summed E-state index contributed by atoms with van der Waals surface area (Å²) in [5, 5.41) is 3.98. The zero-order valence-electron chi connectivity index (χ0n) is 18.7. The molecule has 0 radical (unpaired) electrons. The van der Waals surface area contributed by atoms with E-state index in [1.54, 1.807) is 48.2 Å². The maximum Gasteiger partial charge on any atom is 0.264 e. The summed E-state index contributed by atoms with van der Waals surface area (Å²) in [4.78, 5) is 12.8. The van der Waals surface area contributed by atoms with E-state index in [-0.39, 0.29) is 17.3 Å². The number of nitrogens with zero attached hydrogens (tertiary/aromatic N) is 1. The van der Waals surface area contributed by atoms with E-state index >= 15 is 0 Å². The van der Waals surface area contributed by atoms with E-state index in [1.807, 2.05) is 31.2 Å². The number of halogens is 2. The first-order valence-electron chi connectivity index (χ1n) is 10.7. The van der Waals surface area contributed by atoms with Gasteiger partial charge in [-0.1, -0.05) is 59.6 Å². The lowest BCUT2D eigenvalue weighted by Crippen LogP contribution is -2.41. The summed E-state index contributed by atoms with van der Waals surface area (Å²) in [5.41, 5.74) is 2.31. The van der Waals surface area contributed by atoms with Gasteiger partial charge < -0.3 is 5.32 Å². The average Bonchev–Trinajstić information content (AvgIpc) is 2.82. The first kappa shape index (κ1) is 26.4. The highest BCUT2D eigenvalue weighted by molar-refractivity contribution is 7.98. The van der Waals surface area contributed by atoms with Crippen molar-refractivity contribution in [1.29, 1.82) is 0 Å². The van der Waals surface area contributed by atoms with Gasteiger partial charge in [-0.2, -0.15) is 11.8 Å². The predicted octanol–water partition coefficient (Wildman–Crippen LogP) is 5.94. The second kappa shape index (κ2) is 12.5. The van der Waals surface area contributed by atoms with Crippen LogP contribution >= 0.6 is 35.0 Å². The second-order valence-electron chi connectivity index (χ2n) is 7.64. The number of carbonyl (C=O) groups is 1. The molecule has 1 amide bonds. The molecule has 9 heteroatoms. The first-order valence-corrected chi connectivity index (χ1v) is 14.1. The van der Waals surface area contributed by atoms with Gasteiger partial charge in [-0.15, -0.1) is 0 Å². The van der Waals surface area contributed by atoms with E-state index in [4.69, 9.17) is 23.2 Å². The molecule has 0 heterocycles. The third-order valence-electron chi connectivity index (χ3n) is 5.01. The number of sulfonamides is 1. The van der Waals surface area contributed by atoms with Crippen molar-refractivity contribution in [1.82, 2.24) is 5.32 Å². The van der Waals surface area contributed by atoms with E-state index in [0.717, 1.165) is 38.4 Å². The molecule has 0 spiro atoms. The Morgan fingerprint density at radius 3 is 2.47 bits per heavy atom. The molecular weight excluding hydrogens is 511 g/mol. The summed E-state index contributed by atoms with van der Waals surface area (Å²) in [7, 11) is -3.95. The number of benzene rings is 3. The van der Waals surface area contributed by atoms with Crippen LogP contribution in [0.25, 0.3) is 0 Å². The van der Waals surface area contributed by atoms with E-state index in [9.17, 15) is 13.2 Å². The lowest BCUT2D eigenvalue weighted by molar-refractivity contribution is -0.119. The summed E-state index contributed by atoms with van der Waals surface area (Å²) in [5.74, 6) is 1.31. The molecule has 0 aliphatic carbocycles.